The fourth-order valence-corrected chi connectivity index (χ4v) is 4.75. The topological polar surface area (TPSA) is 50.1 Å². The number of fused-ring (bicyclic) bond motifs is 5. The molecule has 3 aliphatic rings. The van der Waals surface area contributed by atoms with E-state index in [0.29, 0.717) is 23.3 Å². The number of aliphatic imine (C=N–C) groups is 1. The third kappa shape index (κ3) is 2.39. The maximum absolute atomic E-state index is 13.0. The van der Waals surface area contributed by atoms with E-state index < -0.39 is 0 Å². The van der Waals surface area contributed by atoms with Crippen molar-refractivity contribution in [1.82, 2.24) is 9.47 Å². The highest BCUT2D eigenvalue weighted by molar-refractivity contribution is 6.36. The minimum absolute atomic E-state index is 0.0848. The van der Waals surface area contributed by atoms with Crippen LogP contribution in [0.2, 0.25) is 5.15 Å². The van der Waals surface area contributed by atoms with E-state index in [9.17, 15) is 4.79 Å². The molecule has 0 N–H and O–H groups in total. The summed E-state index contributed by atoms with van der Waals surface area (Å²) in [6.45, 7) is 0.598. The fraction of sp³-hybridized carbons (Fsp3) is 0.400. The lowest BCUT2D eigenvalue weighted by Gasteiger charge is -2.35. The normalized spacial score (nSPS) is 23.2. The molecule has 0 bridgehead atoms. The number of amides is 1. The molecule has 1 aliphatic carbocycles. The number of rotatable bonds is 3. The van der Waals surface area contributed by atoms with Crippen molar-refractivity contribution < 1.29 is 9.53 Å². The molecule has 1 aromatic heterocycles. The maximum Gasteiger partial charge on any atom is 0.265 e. The zero-order chi connectivity index (χ0) is 18.7. The summed E-state index contributed by atoms with van der Waals surface area (Å²) in [6.07, 6.45) is 5.36. The number of anilines is 1. The standard InChI is InChI=1S/C20H21ClN4O2/c1-23-19(26)17-16(25-15-5-3-4-14(15)22-20(23)25)11-24(18(17)21)10-12-6-8-13(27-2)9-7-12/h6-9,11,14-15H,3-5,10H2,1-2H3. The van der Waals surface area contributed by atoms with E-state index in [0.717, 1.165) is 35.8 Å². The van der Waals surface area contributed by atoms with Crippen LogP contribution in [-0.4, -0.2) is 47.6 Å². The molecule has 27 heavy (non-hydrogen) atoms. The highest BCUT2D eigenvalue weighted by Crippen LogP contribution is 2.43. The number of hydrogen-bond acceptors (Lipinski definition) is 4. The van der Waals surface area contributed by atoms with E-state index in [1.54, 1.807) is 19.1 Å². The summed E-state index contributed by atoms with van der Waals surface area (Å²) in [7, 11) is 3.44. The molecule has 1 fully saturated rings. The molecular weight excluding hydrogens is 364 g/mol. The summed E-state index contributed by atoms with van der Waals surface area (Å²) in [5.41, 5.74) is 2.57. The number of nitrogens with zero attached hydrogens (tertiary/aromatic N) is 4. The van der Waals surface area contributed by atoms with Gasteiger partial charge in [0.1, 0.15) is 16.5 Å². The van der Waals surface area contributed by atoms with Crippen LogP contribution in [0.5, 0.6) is 5.75 Å². The zero-order valence-electron chi connectivity index (χ0n) is 15.4. The molecule has 0 spiro atoms. The zero-order valence-corrected chi connectivity index (χ0v) is 16.1. The van der Waals surface area contributed by atoms with Crippen LogP contribution in [-0.2, 0) is 6.54 Å². The van der Waals surface area contributed by atoms with Gasteiger partial charge in [-0.1, -0.05) is 23.7 Å². The van der Waals surface area contributed by atoms with Gasteiger partial charge in [0.25, 0.3) is 5.91 Å². The predicted octanol–water partition coefficient (Wildman–Crippen LogP) is 3.38. The van der Waals surface area contributed by atoms with Gasteiger partial charge in [0, 0.05) is 19.8 Å². The molecule has 3 heterocycles. The van der Waals surface area contributed by atoms with E-state index in [1.807, 2.05) is 35.0 Å². The van der Waals surface area contributed by atoms with Crippen molar-refractivity contribution in [1.29, 1.82) is 0 Å². The first-order chi connectivity index (χ1) is 13.1. The lowest BCUT2D eigenvalue weighted by atomic mass is 10.1. The Morgan fingerprint density at radius 1 is 1.26 bits per heavy atom. The molecule has 0 radical (unpaired) electrons. The van der Waals surface area contributed by atoms with Crippen molar-refractivity contribution in [3.8, 4) is 5.75 Å². The SMILES string of the molecule is COc1ccc(Cn2cc3c(c2Cl)C(=O)N(C)C2=NC4CCCC4N23)cc1. The number of aromatic nitrogens is 1. The molecule has 2 atom stereocenters. The molecule has 0 saturated heterocycles. The van der Waals surface area contributed by atoms with Gasteiger partial charge >= 0.3 is 0 Å². The van der Waals surface area contributed by atoms with Crippen molar-refractivity contribution >= 4 is 29.2 Å². The lowest BCUT2D eigenvalue weighted by molar-refractivity contribution is 0.0865. The Kier molecular flexibility index (Phi) is 3.72. The average Bonchev–Trinajstić information content (AvgIpc) is 3.34. The number of guanidine groups is 1. The number of benzene rings is 1. The second-order valence-electron chi connectivity index (χ2n) is 7.38. The number of ether oxygens (including phenoxy) is 1. The molecule has 6 nitrogen and oxygen atoms in total. The first-order valence-corrected chi connectivity index (χ1v) is 9.63. The molecule has 140 valence electrons. The van der Waals surface area contributed by atoms with E-state index in [-0.39, 0.29) is 11.9 Å². The lowest BCUT2D eigenvalue weighted by Crippen LogP contribution is -2.50. The van der Waals surface area contributed by atoms with Crippen LogP contribution < -0.4 is 9.64 Å². The average molecular weight is 385 g/mol. The quantitative estimate of drug-likeness (QED) is 0.815. The van der Waals surface area contributed by atoms with E-state index in [2.05, 4.69) is 4.90 Å². The smallest absolute Gasteiger partial charge is 0.265 e. The minimum atomic E-state index is -0.0848. The third-order valence-corrected chi connectivity index (χ3v) is 6.26. The van der Waals surface area contributed by atoms with Crippen molar-refractivity contribution in [2.45, 2.75) is 37.9 Å². The van der Waals surface area contributed by atoms with Gasteiger partial charge in [-0.05, 0) is 37.0 Å². The Morgan fingerprint density at radius 2 is 2.04 bits per heavy atom. The summed E-state index contributed by atoms with van der Waals surface area (Å²) in [5.74, 6) is 1.50. The number of methoxy groups -OCH3 is 1. The molecular formula is C20H21ClN4O2. The summed E-state index contributed by atoms with van der Waals surface area (Å²) in [6, 6.07) is 8.50. The van der Waals surface area contributed by atoms with Crippen LogP contribution in [0.1, 0.15) is 35.2 Å². The largest absolute Gasteiger partial charge is 0.497 e. The summed E-state index contributed by atoms with van der Waals surface area (Å²) < 4.78 is 7.17. The second kappa shape index (κ2) is 6.02. The van der Waals surface area contributed by atoms with Gasteiger partial charge in [-0.3, -0.25) is 9.69 Å². The molecule has 2 aromatic rings. The Bertz CT molecular complexity index is 950. The predicted molar refractivity (Wildman–Crippen MR) is 105 cm³/mol. The molecule has 2 unspecified atom stereocenters. The van der Waals surface area contributed by atoms with Crippen molar-refractivity contribution in [3.63, 3.8) is 0 Å². The van der Waals surface area contributed by atoms with E-state index >= 15 is 0 Å². The van der Waals surface area contributed by atoms with Gasteiger partial charge in [0.05, 0.1) is 24.9 Å². The van der Waals surface area contributed by atoms with Crippen molar-refractivity contribution in [2.24, 2.45) is 4.99 Å². The molecule has 5 rings (SSSR count). The second-order valence-corrected chi connectivity index (χ2v) is 7.74. The van der Waals surface area contributed by atoms with E-state index in [4.69, 9.17) is 21.3 Å². The summed E-state index contributed by atoms with van der Waals surface area (Å²) >= 11 is 6.67. The van der Waals surface area contributed by atoms with Crippen molar-refractivity contribution in [2.75, 3.05) is 19.1 Å². The third-order valence-electron chi connectivity index (χ3n) is 5.86. The molecule has 7 heteroatoms. The maximum atomic E-state index is 13.0. The Morgan fingerprint density at radius 3 is 2.78 bits per heavy atom. The van der Waals surface area contributed by atoms with Gasteiger partial charge in [0.15, 0.2) is 0 Å². The summed E-state index contributed by atoms with van der Waals surface area (Å²) in [5, 5.41) is 0.484. The first-order valence-electron chi connectivity index (χ1n) is 9.25. The van der Waals surface area contributed by atoms with Crippen LogP contribution in [0.25, 0.3) is 0 Å². The minimum Gasteiger partial charge on any atom is -0.497 e. The van der Waals surface area contributed by atoms with Crippen molar-refractivity contribution in [3.05, 3.63) is 46.7 Å². The monoisotopic (exact) mass is 384 g/mol. The number of halogens is 1. The van der Waals surface area contributed by atoms with Gasteiger partial charge in [-0.2, -0.15) is 0 Å². The summed E-state index contributed by atoms with van der Waals surface area (Å²) in [4.78, 5) is 21.6. The molecule has 1 aromatic carbocycles. The highest BCUT2D eigenvalue weighted by atomic mass is 35.5. The number of hydrogen-bond donors (Lipinski definition) is 0. The van der Waals surface area contributed by atoms with Crippen LogP contribution in [0.4, 0.5) is 5.69 Å². The number of carbonyl (C=O) groups excluding carboxylic acids is 1. The fourth-order valence-electron chi connectivity index (χ4n) is 4.47. The molecule has 1 amide bonds. The molecule has 1 saturated carbocycles. The molecule has 2 aliphatic heterocycles. The van der Waals surface area contributed by atoms with Gasteiger partial charge in [0.2, 0.25) is 5.96 Å². The van der Waals surface area contributed by atoms with Crippen LogP contribution >= 0.6 is 11.6 Å². The van der Waals surface area contributed by atoms with Crippen LogP contribution in [0.15, 0.2) is 35.5 Å². The highest BCUT2D eigenvalue weighted by Gasteiger charge is 2.48. The van der Waals surface area contributed by atoms with E-state index in [1.165, 1.54) is 6.42 Å². The van der Waals surface area contributed by atoms with Gasteiger partial charge in [-0.25, -0.2) is 4.99 Å². The Labute approximate surface area is 163 Å². The Hall–Kier alpha value is -2.47. The number of carbonyl (C=O) groups is 1. The Balaban J connectivity index is 1.55. The van der Waals surface area contributed by atoms with Crippen LogP contribution in [0, 0.1) is 0 Å². The van der Waals surface area contributed by atoms with Gasteiger partial charge < -0.3 is 14.2 Å². The van der Waals surface area contributed by atoms with Crippen LogP contribution in [0.3, 0.4) is 0 Å². The first kappa shape index (κ1) is 16.7. The van der Waals surface area contributed by atoms with Gasteiger partial charge in [-0.15, -0.1) is 0 Å².